The molecule has 2 amide bonds. The number of piperidine rings is 1. The number of nitrogens with zero attached hydrogens (tertiary/aromatic N) is 3. The third-order valence-corrected chi connectivity index (χ3v) is 3.89. The van der Waals surface area contributed by atoms with Crippen LogP contribution in [0.3, 0.4) is 0 Å². The molecule has 1 saturated heterocycles. The lowest BCUT2D eigenvalue weighted by atomic mass is 10.0. The van der Waals surface area contributed by atoms with Crippen molar-refractivity contribution in [3.05, 3.63) is 18.0 Å². The molecule has 6 nitrogen and oxygen atoms in total. The van der Waals surface area contributed by atoms with Gasteiger partial charge in [-0.1, -0.05) is 6.92 Å². The molecule has 1 aliphatic heterocycles. The highest BCUT2D eigenvalue weighted by atomic mass is 16.2. The van der Waals surface area contributed by atoms with Crippen molar-refractivity contribution < 1.29 is 9.59 Å². The van der Waals surface area contributed by atoms with Crippen molar-refractivity contribution in [1.29, 1.82) is 0 Å². The number of hydrogen-bond acceptors (Lipinski definition) is 4. The van der Waals surface area contributed by atoms with Gasteiger partial charge in [0.25, 0.3) is 0 Å². The highest BCUT2D eigenvalue weighted by Gasteiger charge is 2.31. The molecule has 0 radical (unpaired) electrons. The maximum Gasteiger partial charge on any atom is 0.246 e. The van der Waals surface area contributed by atoms with Gasteiger partial charge in [-0.2, -0.15) is 5.10 Å². The van der Waals surface area contributed by atoms with E-state index >= 15 is 0 Å². The van der Waals surface area contributed by atoms with E-state index in [1.807, 2.05) is 16.9 Å². The van der Waals surface area contributed by atoms with E-state index in [1.165, 1.54) is 11.9 Å². The van der Waals surface area contributed by atoms with Gasteiger partial charge in [0.2, 0.25) is 11.8 Å². The largest absolute Gasteiger partial charge is 0.300 e. The Morgan fingerprint density at radius 1 is 1.50 bits per heavy atom. The molecular weight excluding hydrogens is 256 g/mol. The molecule has 1 N–H and O–H groups in total. The Labute approximate surface area is 119 Å². The molecule has 1 fully saturated rings. The van der Waals surface area contributed by atoms with Crippen LogP contribution >= 0.6 is 0 Å². The Morgan fingerprint density at radius 2 is 2.25 bits per heavy atom. The lowest BCUT2D eigenvalue weighted by Gasteiger charge is -2.28. The minimum absolute atomic E-state index is 0.103. The van der Waals surface area contributed by atoms with Gasteiger partial charge in [0.15, 0.2) is 0 Å². The number of imide groups is 1. The smallest absolute Gasteiger partial charge is 0.246 e. The summed E-state index contributed by atoms with van der Waals surface area (Å²) in [6.45, 7) is 4.79. The molecule has 110 valence electrons. The lowest BCUT2D eigenvalue weighted by molar-refractivity contribution is -0.148. The quantitative estimate of drug-likeness (QED) is 0.819. The van der Waals surface area contributed by atoms with E-state index in [0.717, 1.165) is 12.1 Å². The van der Waals surface area contributed by atoms with Gasteiger partial charge in [0.05, 0.1) is 11.7 Å². The highest BCUT2D eigenvalue weighted by molar-refractivity contribution is 6.00. The van der Waals surface area contributed by atoms with Gasteiger partial charge in [0.1, 0.15) is 0 Å². The van der Waals surface area contributed by atoms with E-state index < -0.39 is 0 Å². The molecule has 1 aliphatic rings. The van der Waals surface area contributed by atoms with Crippen LogP contribution in [0.25, 0.3) is 0 Å². The summed E-state index contributed by atoms with van der Waals surface area (Å²) in [5.41, 5.74) is 0.914. The summed E-state index contributed by atoms with van der Waals surface area (Å²) in [7, 11) is 1.54. The first-order valence-electron chi connectivity index (χ1n) is 7.10. The van der Waals surface area contributed by atoms with Crippen LogP contribution in [0.4, 0.5) is 0 Å². The van der Waals surface area contributed by atoms with Crippen molar-refractivity contribution in [2.24, 2.45) is 0 Å². The second-order valence-electron chi connectivity index (χ2n) is 5.31. The van der Waals surface area contributed by atoms with Crippen molar-refractivity contribution in [3.8, 4) is 0 Å². The van der Waals surface area contributed by atoms with E-state index in [0.29, 0.717) is 25.4 Å². The molecule has 2 atom stereocenters. The fraction of sp³-hybridized carbons (Fsp3) is 0.643. The average molecular weight is 278 g/mol. The summed E-state index contributed by atoms with van der Waals surface area (Å²) < 4.78 is 1.94. The zero-order chi connectivity index (χ0) is 14.7. The van der Waals surface area contributed by atoms with E-state index in [-0.39, 0.29) is 17.9 Å². The minimum atomic E-state index is -0.286. The summed E-state index contributed by atoms with van der Waals surface area (Å²) in [5.74, 6) is -0.253. The summed E-state index contributed by atoms with van der Waals surface area (Å²) in [6, 6.07) is 2.05. The van der Waals surface area contributed by atoms with Crippen LogP contribution in [0.15, 0.2) is 12.3 Å². The summed E-state index contributed by atoms with van der Waals surface area (Å²) in [4.78, 5) is 24.5. The molecule has 0 bridgehead atoms. The van der Waals surface area contributed by atoms with Crippen LogP contribution in [0, 0.1) is 0 Å². The van der Waals surface area contributed by atoms with Crippen LogP contribution in [-0.4, -0.2) is 39.6 Å². The van der Waals surface area contributed by atoms with Gasteiger partial charge >= 0.3 is 0 Å². The normalized spacial score (nSPS) is 21.4. The molecule has 20 heavy (non-hydrogen) atoms. The molecule has 2 heterocycles. The molecule has 0 aliphatic carbocycles. The van der Waals surface area contributed by atoms with Crippen molar-refractivity contribution in [1.82, 2.24) is 20.0 Å². The predicted octanol–water partition coefficient (Wildman–Crippen LogP) is 1.09. The molecule has 0 spiro atoms. The maximum absolute atomic E-state index is 11.9. The number of amides is 2. The number of rotatable bonds is 5. The first kappa shape index (κ1) is 14.7. The zero-order valence-corrected chi connectivity index (χ0v) is 12.3. The second-order valence-corrected chi connectivity index (χ2v) is 5.31. The van der Waals surface area contributed by atoms with Gasteiger partial charge in [0, 0.05) is 32.3 Å². The molecule has 6 heteroatoms. The first-order chi connectivity index (χ1) is 9.52. The fourth-order valence-electron chi connectivity index (χ4n) is 2.24. The average Bonchev–Trinajstić information content (AvgIpc) is 2.92. The molecule has 0 aromatic carbocycles. The van der Waals surface area contributed by atoms with E-state index in [4.69, 9.17) is 0 Å². The summed E-state index contributed by atoms with van der Waals surface area (Å²) >= 11 is 0. The molecular formula is C14H22N4O2. The number of aromatic nitrogens is 2. The van der Waals surface area contributed by atoms with Crippen molar-refractivity contribution in [3.63, 3.8) is 0 Å². The summed E-state index contributed by atoms with van der Waals surface area (Å²) in [5, 5.41) is 7.68. The maximum atomic E-state index is 11.9. The highest BCUT2D eigenvalue weighted by Crippen LogP contribution is 2.13. The fourth-order valence-corrected chi connectivity index (χ4v) is 2.24. The van der Waals surface area contributed by atoms with E-state index in [2.05, 4.69) is 24.3 Å². The molecule has 2 rings (SSSR count). The van der Waals surface area contributed by atoms with E-state index in [9.17, 15) is 9.59 Å². The number of carbonyl (C=O) groups is 2. The molecule has 1 aromatic rings. The van der Waals surface area contributed by atoms with Gasteiger partial charge in [-0.05, 0) is 25.8 Å². The Morgan fingerprint density at radius 3 is 2.95 bits per heavy atom. The summed E-state index contributed by atoms with van der Waals surface area (Å²) in [6.07, 6.45) is 3.97. The number of likely N-dealkylation sites (N-methyl/N-ethyl adjacent to an activating group) is 1. The van der Waals surface area contributed by atoms with Gasteiger partial charge in [-0.25, -0.2) is 0 Å². The first-order valence-corrected chi connectivity index (χ1v) is 7.10. The Bertz CT molecular complexity index is 497. The van der Waals surface area contributed by atoms with Gasteiger partial charge in [-0.3, -0.25) is 19.2 Å². The van der Waals surface area contributed by atoms with Crippen LogP contribution in [0.5, 0.6) is 0 Å². The molecule has 0 saturated carbocycles. The number of carbonyl (C=O) groups excluding carboxylic acids is 2. The molecule has 2 unspecified atom stereocenters. The monoisotopic (exact) mass is 278 g/mol. The Hall–Kier alpha value is -1.69. The van der Waals surface area contributed by atoms with Crippen molar-refractivity contribution in [2.75, 3.05) is 7.05 Å². The van der Waals surface area contributed by atoms with Gasteiger partial charge in [-0.15, -0.1) is 0 Å². The third-order valence-electron chi connectivity index (χ3n) is 3.89. The van der Waals surface area contributed by atoms with Crippen LogP contribution in [-0.2, 0) is 16.1 Å². The Balaban J connectivity index is 1.90. The second kappa shape index (κ2) is 6.17. The van der Waals surface area contributed by atoms with Crippen molar-refractivity contribution >= 4 is 11.8 Å². The standard InChI is InChI=1S/C14H22N4O2/c1-4-10(2)18-8-7-11(16-18)9-15-12-5-6-13(19)17(3)14(12)20/h7-8,10,12,15H,4-6,9H2,1-3H3. The topological polar surface area (TPSA) is 67.2 Å². The number of likely N-dealkylation sites (tertiary alicyclic amines) is 1. The number of hydrogen-bond donors (Lipinski definition) is 1. The van der Waals surface area contributed by atoms with Crippen LogP contribution < -0.4 is 5.32 Å². The zero-order valence-electron chi connectivity index (χ0n) is 12.3. The third kappa shape index (κ3) is 3.07. The van der Waals surface area contributed by atoms with Crippen LogP contribution in [0.2, 0.25) is 0 Å². The van der Waals surface area contributed by atoms with Gasteiger partial charge < -0.3 is 5.32 Å². The Kier molecular flexibility index (Phi) is 4.54. The van der Waals surface area contributed by atoms with Crippen LogP contribution in [0.1, 0.15) is 44.8 Å². The minimum Gasteiger partial charge on any atom is -0.300 e. The van der Waals surface area contributed by atoms with E-state index in [1.54, 1.807) is 0 Å². The lowest BCUT2D eigenvalue weighted by Crippen LogP contribution is -2.51. The predicted molar refractivity (Wildman–Crippen MR) is 74.9 cm³/mol. The SMILES string of the molecule is CCC(C)n1ccc(CNC2CCC(=O)N(C)C2=O)n1. The van der Waals surface area contributed by atoms with Crippen molar-refractivity contribution in [2.45, 2.75) is 51.7 Å². The molecule has 1 aromatic heterocycles. The number of nitrogens with one attached hydrogen (secondary N) is 1.